The Kier molecular flexibility index (Phi) is 5.21. The molecule has 1 heterocycles. The van der Waals surface area contributed by atoms with E-state index in [4.69, 9.17) is 9.47 Å². The van der Waals surface area contributed by atoms with Crippen LogP contribution in [0.15, 0.2) is 18.2 Å². The average Bonchev–Trinajstić information content (AvgIpc) is 2.86. The zero-order valence-corrected chi connectivity index (χ0v) is 15.4. The third-order valence-corrected chi connectivity index (χ3v) is 4.32. The predicted octanol–water partition coefficient (Wildman–Crippen LogP) is 4.24. The highest BCUT2D eigenvalue weighted by atomic mass is 16.6. The first-order chi connectivity index (χ1) is 11.1. The van der Waals surface area contributed by atoms with E-state index in [9.17, 15) is 9.59 Å². The van der Waals surface area contributed by atoms with E-state index in [-0.39, 0.29) is 24.1 Å². The molecule has 0 aromatic heterocycles. The van der Waals surface area contributed by atoms with Crippen LogP contribution in [0, 0.1) is 6.92 Å². The zero-order valence-electron chi connectivity index (χ0n) is 15.4. The number of benzene rings is 1. The van der Waals surface area contributed by atoms with Crippen LogP contribution in [0.1, 0.15) is 68.1 Å². The minimum absolute atomic E-state index is 0.0263. The summed E-state index contributed by atoms with van der Waals surface area (Å²) in [5.41, 5.74) is 2.03. The van der Waals surface area contributed by atoms with Crippen molar-refractivity contribution >= 4 is 12.1 Å². The Balaban J connectivity index is 2.29. The molecule has 1 fully saturated rings. The Morgan fingerprint density at radius 1 is 1.21 bits per heavy atom. The molecule has 5 heteroatoms. The van der Waals surface area contributed by atoms with Crippen molar-refractivity contribution in [2.75, 3.05) is 7.11 Å². The monoisotopic (exact) mass is 333 g/mol. The molecule has 1 saturated heterocycles. The van der Waals surface area contributed by atoms with Gasteiger partial charge in [0.05, 0.1) is 18.7 Å². The molecule has 0 N–H and O–H groups in total. The molecular weight excluding hydrogens is 306 g/mol. The summed E-state index contributed by atoms with van der Waals surface area (Å²) in [5, 5.41) is 0. The molecule has 2 atom stereocenters. The van der Waals surface area contributed by atoms with Crippen molar-refractivity contribution in [1.82, 2.24) is 4.90 Å². The fourth-order valence-corrected chi connectivity index (χ4v) is 3.21. The SMILES string of the molecule is COC(=O)c1ccc(C2CCC(C)N2C(=O)OC(C)(C)C)c(C)c1. The van der Waals surface area contributed by atoms with Gasteiger partial charge in [-0.25, -0.2) is 9.59 Å². The fourth-order valence-electron chi connectivity index (χ4n) is 3.21. The van der Waals surface area contributed by atoms with Crippen LogP contribution in [0.4, 0.5) is 4.79 Å². The number of rotatable bonds is 2. The van der Waals surface area contributed by atoms with Gasteiger partial charge in [0.25, 0.3) is 0 Å². The molecule has 0 bridgehead atoms. The van der Waals surface area contributed by atoms with Gasteiger partial charge < -0.3 is 9.47 Å². The van der Waals surface area contributed by atoms with Gasteiger partial charge in [-0.2, -0.15) is 0 Å². The number of carbonyl (C=O) groups excluding carboxylic acids is 2. The molecule has 132 valence electrons. The number of carbonyl (C=O) groups is 2. The molecule has 2 rings (SSSR count). The van der Waals surface area contributed by atoms with Gasteiger partial charge in [0.1, 0.15) is 5.60 Å². The normalized spacial score (nSPS) is 20.8. The van der Waals surface area contributed by atoms with Crippen LogP contribution in [0.25, 0.3) is 0 Å². The summed E-state index contributed by atoms with van der Waals surface area (Å²) >= 11 is 0. The first kappa shape index (κ1) is 18.3. The molecule has 1 aliphatic heterocycles. The number of nitrogens with zero attached hydrogens (tertiary/aromatic N) is 1. The van der Waals surface area contributed by atoms with E-state index < -0.39 is 5.60 Å². The number of aryl methyl sites for hydroxylation is 1. The molecule has 1 amide bonds. The molecule has 0 aliphatic carbocycles. The summed E-state index contributed by atoms with van der Waals surface area (Å²) in [6.07, 6.45) is 1.54. The van der Waals surface area contributed by atoms with E-state index in [0.717, 1.165) is 24.0 Å². The molecule has 0 saturated carbocycles. The first-order valence-electron chi connectivity index (χ1n) is 8.34. The van der Waals surface area contributed by atoms with Gasteiger partial charge >= 0.3 is 12.1 Å². The van der Waals surface area contributed by atoms with Gasteiger partial charge in [0.15, 0.2) is 0 Å². The van der Waals surface area contributed by atoms with Crippen LogP contribution in [0.2, 0.25) is 0 Å². The molecule has 1 aromatic rings. The maximum absolute atomic E-state index is 12.6. The molecule has 1 aromatic carbocycles. The highest BCUT2D eigenvalue weighted by Gasteiger charge is 2.38. The van der Waals surface area contributed by atoms with Crippen molar-refractivity contribution in [3.8, 4) is 0 Å². The summed E-state index contributed by atoms with van der Waals surface area (Å²) in [6, 6.07) is 5.59. The van der Waals surface area contributed by atoms with Crippen LogP contribution >= 0.6 is 0 Å². The lowest BCUT2D eigenvalue weighted by Gasteiger charge is -2.32. The minimum atomic E-state index is -0.520. The predicted molar refractivity (Wildman–Crippen MR) is 92.0 cm³/mol. The van der Waals surface area contributed by atoms with E-state index in [1.54, 1.807) is 6.07 Å². The third kappa shape index (κ3) is 3.89. The van der Waals surface area contributed by atoms with E-state index in [1.165, 1.54) is 7.11 Å². The number of esters is 1. The minimum Gasteiger partial charge on any atom is -0.465 e. The third-order valence-electron chi connectivity index (χ3n) is 4.32. The number of hydrogen-bond donors (Lipinski definition) is 0. The fraction of sp³-hybridized carbons (Fsp3) is 0.579. The molecule has 1 aliphatic rings. The summed E-state index contributed by atoms with van der Waals surface area (Å²) in [7, 11) is 1.37. The van der Waals surface area contributed by atoms with Crippen LogP contribution < -0.4 is 0 Å². The van der Waals surface area contributed by atoms with E-state index >= 15 is 0 Å². The maximum atomic E-state index is 12.6. The lowest BCUT2D eigenvalue weighted by Crippen LogP contribution is -2.40. The summed E-state index contributed by atoms with van der Waals surface area (Å²) < 4.78 is 10.3. The second-order valence-corrected chi connectivity index (χ2v) is 7.39. The Morgan fingerprint density at radius 2 is 1.88 bits per heavy atom. The van der Waals surface area contributed by atoms with Crippen LogP contribution in [-0.2, 0) is 9.47 Å². The second-order valence-electron chi connectivity index (χ2n) is 7.39. The van der Waals surface area contributed by atoms with E-state index in [1.807, 2.05) is 51.7 Å². The van der Waals surface area contributed by atoms with Crippen molar-refractivity contribution < 1.29 is 19.1 Å². The average molecular weight is 333 g/mol. The summed E-state index contributed by atoms with van der Waals surface area (Å²) in [6.45, 7) is 9.62. The van der Waals surface area contributed by atoms with Crippen molar-refractivity contribution in [3.05, 3.63) is 34.9 Å². The highest BCUT2D eigenvalue weighted by molar-refractivity contribution is 5.89. The first-order valence-corrected chi connectivity index (χ1v) is 8.34. The number of methoxy groups -OCH3 is 1. The maximum Gasteiger partial charge on any atom is 0.411 e. The Morgan fingerprint density at radius 3 is 2.42 bits per heavy atom. The molecule has 0 spiro atoms. The Hall–Kier alpha value is -2.04. The van der Waals surface area contributed by atoms with Crippen molar-refractivity contribution in [1.29, 1.82) is 0 Å². The van der Waals surface area contributed by atoms with Crippen LogP contribution in [0.5, 0.6) is 0 Å². The van der Waals surface area contributed by atoms with Gasteiger partial charge in [-0.1, -0.05) is 6.07 Å². The van der Waals surface area contributed by atoms with Crippen LogP contribution in [-0.4, -0.2) is 35.7 Å². The number of hydrogen-bond acceptors (Lipinski definition) is 4. The highest BCUT2D eigenvalue weighted by Crippen LogP contribution is 2.38. The lowest BCUT2D eigenvalue weighted by atomic mass is 9.97. The smallest absolute Gasteiger partial charge is 0.411 e. The van der Waals surface area contributed by atoms with Crippen molar-refractivity contribution in [2.24, 2.45) is 0 Å². The molecule has 2 unspecified atom stereocenters. The zero-order chi connectivity index (χ0) is 18.1. The standard InChI is InChI=1S/C19H27NO4/c1-12-11-14(17(21)23-6)8-9-15(12)16-10-7-13(2)20(16)18(22)24-19(3,4)5/h8-9,11,13,16H,7,10H2,1-6H3. The molecule has 5 nitrogen and oxygen atoms in total. The van der Waals surface area contributed by atoms with Gasteiger partial charge in [-0.3, -0.25) is 4.90 Å². The molecular formula is C19H27NO4. The van der Waals surface area contributed by atoms with Crippen LogP contribution in [0.3, 0.4) is 0 Å². The van der Waals surface area contributed by atoms with Crippen molar-refractivity contribution in [3.63, 3.8) is 0 Å². The summed E-state index contributed by atoms with van der Waals surface area (Å²) in [4.78, 5) is 26.1. The Labute approximate surface area is 143 Å². The lowest BCUT2D eigenvalue weighted by molar-refractivity contribution is 0.0157. The van der Waals surface area contributed by atoms with Gasteiger partial charge in [-0.05, 0) is 70.7 Å². The molecule has 0 radical (unpaired) electrons. The number of likely N-dealkylation sites (tertiary alicyclic amines) is 1. The Bertz CT molecular complexity index is 633. The number of ether oxygens (including phenoxy) is 2. The molecule has 24 heavy (non-hydrogen) atoms. The topological polar surface area (TPSA) is 55.8 Å². The van der Waals surface area contributed by atoms with Gasteiger partial charge in [0.2, 0.25) is 0 Å². The van der Waals surface area contributed by atoms with Gasteiger partial charge in [0, 0.05) is 6.04 Å². The van der Waals surface area contributed by atoms with E-state index in [0.29, 0.717) is 5.56 Å². The summed E-state index contributed by atoms with van der Waals surface area (Å²) in [5.74, 6) is -0.353. The quantitative estimate of drug-likeness (QED) is 0.760. The number of amides is 1. The van der Waals surface area contributed by atoms with Gasteiger partial charge in [-0.15, -0.1) is 0 Å². The van der Waals surface area contributed by atoms with E-state index in [2.05, 4.69) is 0 Å². The largest absolute Gasteiger partial charge is 0.465 e. The van der Waals surface area contributed by atoms with Crippen molar-refractivity contribution in [2.45, 2.75) is 65.1 Å². The second kappa shape index (κ2) is 6.83.